The second-order valence-electron chi connectivity index (χ2n) is 3.88. The average Bonchev–Trinajstić information content (AvgIpc) is 2.73. The van der Waals surface area contributed by atoms with Crippen LogP contribution in [0.5, 0.6) is 0 Å². The maximum atomic E-state index is 11.7. The number of carbonyl (C=O) groups is 2. The molecule has 1 atom stereocenters. The number of esters is 1. The number of rotatable bonds is 3. The second kappa shape index (κ2) is 5.27. The molecule has 2 rings (SSSR count). The molecule has 1 unspecified atom stereocenters. The first-order valence-electron chi connectivity index (χ1n) is 5.53. The summed E-state index contributed by atoms with van der Waals surface area (Å²) in [5.74, 6) is -0.238. The van der Waals surface area contributed by atoms with Crippen molar-refractivity contribution in [3.05, 3.63) is 0 Å². The lowest BCUT2D eigenvalue weighted by Gasteiger charge is -2.27. The Bertz CT molecular complexity index is 276. The van der Waals surface area contributed by atoms with Crippen LogP contribution in [0.25, 0.3) is 0 Å². The minimum absolute atomic E-state index is 0.0167. The van der Waals surface area contributed by atoms with Crippen LogP contribution >= 0.6 is 0 Å². The second-order valence-corrected chi connectivity index (χ2v) is 3.88. The summed E-state index contributed by atoms with van der Waals surface area (Å²) in [5.41, 5.74) is 0. The third-order valence-electron chi connectivity index (χ3n) is 2.80. The molecule has 0 saturated carbocycles. The molecule has 0 aromatic carbocycles. The molecular formula is C10H16N2O4. The van der Waals surface area contributed by atoms with Gasteiger partial charge in [-0.25, -0.2) is 0 Å². The van der Waals surface area contributed by atoms with E-state index in [1.54, 1.807) is 4.90 Å². The Balaban J connectivity index is 1.72. The number of nitrogens with one attached hydrogen (secondary N) is 1. The Hall–Kier alpha value is -1.14. The van der Waals surface area contributed by atoms with Crippen molar-refractivity contribution in [1.82, 2.24) is 10.2 Å². The number of ether oxygens (including phenoxy) is 2. The summed E-state index contributed by atoms with van der Waals surface area (Å²) in [5, 5.41) is 2.92. The molecule has 2 saturated heterocycles. The van der Waals surface area contributed by atoms with E-state index in [0.29, 0.717) is 39.3 Å². The van der Waals surface area contributed by atoms with E-state index in [4.69, 9.17) is 9.47 Å². The molecule has 0 radical (unpaired) electrons. The summed E-state index contributed by atoms with van der Waals surface area (Å²) in [6, 6.07) is -0.315. The van der Waals surface area contributed by atoms with Crippen molar-refractivity contribution >= 4 is 11.9 Å². The highest BCUT2D eigenvalue weighted by Gasteiger charge is 2.27. The van der Waals surface area contributed by atoms with Gasteiger partial charge in [0.2, 0.25) is 5.91 Å². The number of carbonyl (C=O) groups excluding carboxylic acids is 2. The topological polar surface area (TPSA) is 67.9 Å². The van der Waals surface area contributed by atoms with E-state index in [1.165, 1.54) is 0 Å². The lowest BCUT2D eigenvalue weighted by atomic mass is 10.2. The first-order chi connectivity index (χ1) is 7.77. The molecule has 2 fully saturated rings. The quantitative estimate of drug-likeness (QED) is 0.611. The van der Waals surface area contributed by atoms with Crippen molar-refractivity contribution in [3.63, 3.8) is 0 Å². The zero-order chi connectivity index (χ0) is 11.4. The number of amides is 1. The van der Waals surface area contributed by atoms with Crippen LogP contribution in [0, 0.1) is 0 Å². The van der Waals surface area contributed by atoms with E-state index >= 15 is 0 Å². The average molecular weight is 228 g/mol. The summed E-state index contributed by atoms with van der Waals surface area (Å²) >= 11 is 0. The lowest BCUT2D eigenvalue weighted by Crippen LogP contribution is -2.47. The van der Waals surface area contributed by atoms with Crippen molar-refractivity contribution < 1.29 is 19.1 Å². The van der Waals surface area contributed by atoms with Gasteiger partial charge in [0.25, 0.3) is 0 Å². The van der Waals surface area contributed by atoms with Crippen molar-refractivity contribution in [1.29, 1.82) is 0 Å². The monoisotopic (exact) mass is 228 g/mol. The number of nitrogens with zero attached hydrogens (tertiary/aromatic N) is 1. The van der Waals surface area contributed by atoms with Gasteiger partial charge in [-0.05, 0) is 0 Å². The van der Waals surface area contributed by atoms with Gasteiger partial charge in [-0.3, -0.25) is 14.9 Å². The third kappa shape index (κ3) is 2.70. The fourth-order valence-corrected chi connectivity index (χ4v) is 1.82. The van der Waals surface area contributed by atoms with Gasteiger partial charge < -0.3 is 14.4 Å². The van der Waals surface area contributed by atoms with Crippen molar-refractivity contribution in [2.75, 3.05) is 39.5 Å². The van der Waals surface area contributed by atoms with Crippen LogP contribution in [-0.4, -0.2) is 62.3 Å². The van der Waals surface area contributed by atoms with E-state index in [1.807, 2.05) is 0 Å². The van der Waals surface area contributed by atoms with Crippen molar-refractivity contribution in [2.24, 2.45) is 0 Å². The molecule has 90 valence electrons. The molecule has 2 heterocycles. The summed E-state index contributed by atoms with van der Waals surface area (Å²) in [6.45, 7) is 3.10. The van der Waals surface area contributed by atoms with Crippen LogP contribution < -0.4 is 5.32 Å². The summed E-state index contributed by atoms with van der Waals surface area (Å²) in [7, 11) is 0. The molecule has 1 amide bonds. The number of hydrogen-bond acceptors (Lipinski definition) is 5. The van der Waals surface area contributed by atoms with Gasteiger partial charge >= 0.3 is 5.97 Å². The van der Waals surface area contributed by atoms with Crippen LogP contribution in [0.2, 0.25) is 0 Å². The van der Waals surface area contributed by atoms with Gasteiger partial charge in [-0.2, -0.15) is 0 Å². The fourth-order valence-electron chi connectivity index (χ4n) is 1.82. The predicted octanol–water partition coefficient (Wildman–Crippen LogP) is -1.25. The number of hydrogen-bond donors (Lipinski definition) is 1. The minimum Gasteiger partial charge on any atom is -0.464 e. The largest absolute Gasteiger partial charge is 0.464 e. The number of cyclic esters (lactones) is 1. The predicted molar refractivity (Wildman–Crippen MR) is 54.8 cm³/mol. The van der Waals surface area contributed by atoms with E-state index in [-0.39, 0.29) is 24.5 Å². The molecule has 0 spiro atoms. The Labute approximate surface area is 93.9 Å². The van der Waals surface area contributed by atoms with Crippen LogP contribution in [0.4, 0.5) is 0 Å². The van der Waals surface area contributed by atoms with E-state index in [0.717, 1.165) is 0 Å². The summed E-state index contributed by atoms with van der Waals surface area (Å²) in [6.07, 6.45) is 0.648. The molecule has 2 aliphatic rings. The summed E-state index contributed by atoms with van der Waals surface area (Å²) < 4.78 is 9.95. The maximum Gasteiger partial charge on any atom is 0.323 e. The molecule has 0 aromatic heterocycles. The smallest absolute Gasteiger partial charge is 0.323 e. The highest BCUT2D eigenvalue weighted by Crippen LogP contribution is 2.05. The Morgan fingerprint density at radius 3 is 2.75 bits per heavy atom. The molecule has 0 aromatic rings. The number of morpholine rings is 1. The van der Waals surface area contributed by atoms with Gasteiger partial charge in [0.15, 0.2) is 0 Å². The van der Waals surface area contributed by atoms with E-state index in [9.17, 15) is 9.59 Å². The van der Waals surface area contributed by atoms with Crippen LogP contribution in [0.1, 0.15) is 6.42 Å². The normalized spacial score (nSPS) is 25.6. The fraction of sp³-hybridized carbons (Fsp3) is 0.800. The SMILES string of the molecule is O=C1OCCC1NCC(=O)N1CCOCC1. The lowest BCUT2D eigenvalue weighted by molar-refractivity contribution is -0.140. The molecule has 0 aliphatic carbocycles. The van der Waals surface area contributed by atoms with Crippen molar-refractivity contribution in [3.8, 4) is 0 Å². The highest BCUT2D eigenvalue weighted by molar-refractivity contribution is 5.81. The maximum absolute atomic E-state index is 11.7. The first kappa shape index (κ1) is 11.3. The van der Waals surface area contributed by atoms with E-state index < -0.39 is 0 Å². The highest BCUT2D eigenvalue weighted by atomic mass is 16.5. The molecule has 2 aliphatic heterocycles. The Morgan fingerprint density at radius 1 is 1.38 bits per heavy atom. The Morgan fingerprint density at radius 2 is 2.12 bits per heavy atom. The van der Waals surface area contributed by atoms with Crippen LogP contribution in [0.3, 0.4) is 0 Å². The summed E-state index contributed by atoms with van der Waals surface area (Å²) in [4.78, 5) is 24.6. The molecular weight excluding hydrogens is 212 g/mol. The first-order valence-corrected chi connectivity index (χ1v) is 5.53. The minimum atomic E-state index is -0.315. The molecule has 1 N–H and O–H groups in total. The van der Waals surface area contributed by atoms with Crippen molar-refractivity contribution in [2.45, 2.75) is 12.5 Å². The van der Waals surface area contributed by atoms with Gasteiger partial charge in [-0.15, -0.1) is 0 Å². The Kier molecular flexibility index (Phi) is 3.74. The van der Waals surface area contributed by atoms with Crippen LogP contribution in [0.15, 0.2) is 0 Å². The van der Waals surface area contributed by atoms with Gasteiger partial charge in [0.05, 0.1) is 26.4 Å². The zero-order valence-electron chi connectivity index (χ0n) is 9.11. The van der Waals surface area contributed by atoms with E-state index in [2.05, 4.69) is 5.32 Å². The van der Waals surface area contributed by atoms with Gasteiger partial charge in [0.1, 0.15) is 6.04 Å². The zero-order valence-corrected chi connectivity index (χ0v) is 9.11. The molecule has 16 heavy (non-hydrogen) atoms. The molecule has 0 bridgehead atoms. The third-order valence-corrected chi connectivity index (χ3v) is 2.80. The standard InChI is InChI=1S/C10H16N2O4/c13-9(12-2-5-15-6-3-12)7-11-8-1-4-16-10(8)14/h8,11H,1-7H2. The van der Waals surface area contributed by atoms with Gasteiger partial charge in [0, 0.05) is 19.5 Å². The van der Waals surface area contributed by atoms with Gasteiger partial charge in [-0.1, -0.05) is 0 Å². The molecule has 6 heteroatoms. The van der Waals surface area contributed by atoms with Crippen LogP contribution in [-0.2, 0) is 19.1 Å². The molecule has 6 nitrogen and oxygen atoms in total.